The average molecular weight is 310 g/mol. The van der Waals surface area contributed by atoms with Crippen LogP contribution in [-0.4, -0.2) is 39.2 Å². The third kappa shape index (κ3) is 4.80. The van der Waals surface area contributed by atoms with Crippen molar-refractivity contribution in [3.8, 4) is 5.75 Å². The van der Waals surface area contributed by atoms with E-state index < -0.39 is 6.61 Å². The van der Waals surface area contributed by atoms with Crippen molar-refractivity contribution in [3.63, 3.8) is 0 Å². The van der Waals surface area contributed by atoms with Gasteiger partial charge in [-0.15, -0.1) is 0 Å². The third-order valence-corrected chi connectivity index (χ3v) is 3.02. The van der Waals surface area contributed by atoms with Crippen molar-refractivity contribution in [2.45, 2.75) is 26.1 Å². The highest BCUT2D eigenvalue weighted by molar-refractivity contribution is 5.75. The summed E-state index contributed by atoms with van der Waals surface area (Å²) in [6.45, 7) is -1.98. The van der Waals surface area contributed by atoms with E-state index in [4.69, 9.17) is 0 Å². The number of ether oxygens (including phenoxy) is 1. The molecule has 6 nitrogen and oxygen atoms in total. The molecule has 1 amide bonds. The minimum absolute atomic E-state index is 0.0385. The van der Waals surface area contributed by atoms with Gasteiger partial charge in [-0.3, -0.25) is 9.48 Å². The highest BCUT2D eigenvalue weighted by Crippen LogP contribution is 2.15. The molecule has 0 bridgehead atoms. The maximum atomic E-state index is 12.1. The first kappa shape index (κ1) is 15.9. The molecule has 0 saturated heterocycles. The van der Waals surface area contributed by atoms with Gasteiger partial charge in [0.15, 0.2) is 0 Å². The molecule has 0 saturated carbocycles. The summed E-state index contributed by atoms with van der Waals surface area (Å²) in [4.78, 5) is 17.4. The highest BCUT2D eigenvalue weighted by Gasteiger charge is 2.10. The Morgan fingerprint density at radius 1 is 1.36 bits per heavy atom. The molecule has 22 heavy (non-hydrogen) atoms. The van der Waals surface area contributed by atoms with Crippen LogP contribution in [0.1, 0.15) is 12.0 Å². The van der Waals surface area contributed by atoms with Crippen molar-refractivity contribution < 1.29 is 18.3 Å². The van der Waals surface area contributed by atoms with Crippen LogP contribution in [-0.2, 0) is 17.9 Å². The fourth-order valence-corrected chi connectivity index (χ4v) is 1.89. The predicted molar refractivity (Wildman–Crippen MR) is 74.2 cm³/mol. The number of alkyl halides is 2. The molecule has 0 N–H and O–H groups in total. The molecule has 2 aromatic rings. The summed E-state index contributed by atoms with van der Waals surface area (Å²) in [6, 6.07) is 6.21. The van der Waals surface area contributed by atoms with Gasteiger partial charge >= 0.3 is 6.61 Å². The second-order valence-corrected chi connectivity index (χ2v) is 4.68. The van der Waals surface area contributed by atoms with Crippen LogP contribution in [0.3, 0.4) is 0 Å². The van der Waals surface area contributed by atoms with E-state index in [-0.39, 0.29) is 11.7 Å². The SMILES string of the molecule is CN(Cc1ccc(OC(F)F)cc1)C(=O)CCn1cncn1. The quantitative estimate of drug-likeness (QED) is 0.784. The van der Waals surface area contributed by atoms with Crippen LogP contribution < -0.4 is 4.74 Å². The molecule has 0 fully saturated rings. The second-order valence-electron chi connectivity index (χ2n) is 4.68. The number of aromatic nitrogens is 3. The van der Waals surface area contributed by atoms with Crippen molar-refractivity contribution in [2.24, 2.45) is 0 Å². The molecule has 0 aliphatic heterocycles. The third-order valence-electron chi connectivity index (χ3n) is 3.02. The molecule has 1 aromatic heterocycles. The summed E-state index contributed by atoms with van der Waals surface area (Å²) in [5, 5.41) is 3.92. The second kappa shape index (κ2) is 7.48. The van der Waals surface area contributed by atoms with Gasteiger partial charge in [0.05, 0.1) is 6.54 Å². The Kier molecular flexibility index (Phi) is 5.40. The minimum Gasteiger partial charge on any atom is -0.435 e. The summed E-state index contributed by atoms with van der Waals surface area (Å²) in [5.74, 6) is 0.0577. The van der Waals surface area contributed by atoms with Crippen molar-refractivity contribution in [1.29, 1.82) is 0 Å². The average Bonchev–Trinajstić information content (AvgIpc) is 2.99. The zero-order chi connectivity index (χ0) is 15.9. The molecule has 0 aliphatic rings. The summed E-state index contributed by atoms with van der Waals surface area (Å²) >= 11 is 0. The van der Waals surface area contributed by atoms with Crippen LogP contribution in [0.15, 0.2) is 36.9 Å². The summed E-state index contributed by atoms with van der Waals surface area (Å²) < 4.78 is 30.0. The molecule has 8 heteroatoms. The van der Waals surface area contributed by atoms with E-state index in [0.29, 0.717) is 19.5 Å². The van der Waals surface area contributed by atoms with Gasteiger partial charge in [-0.2, -0.15) is 13.9 Å². The number of hydrogen-bond donors (Lipinski definition) is 0. The van der Waals surface area contributed by atoms with Gasteiger partial charge in [0.2, 0.25) is 5.91 Å². The minimum atomic E-state index is -2.84. The van der Waals surface area contributed by atoms with Gasteiger partial charge in [-0.25, -0.2) is 4.98 Å². The number of amides is 1. The smallest absolute Gasteiger partial charge is 0.387 e. The lowest BCUT2D eigenvalue weighted by molar-refractivity contribution is -0.130. The Labute approximate surface area is 126 Å². The van der Waals surface area contributed by atoms with Crippen LogP contribution in [0.25, 0.3) is 0 Å². The Balaban J connectivity index is 1.82. The number of carbonyl (C=O) groups is 1. The van der Waals surface area contributed by atoms with Gasteiger partial charge in [0, 0.05) is 20.0 Å². The van der Waals surface area contributed by atoms with E-state index in [1.165, 1.54) is 18.5 Å². The molecular formula is C14H16F2N4O2. The number of carbonyl (C=O) groups excluding carboxylic acids is 1. The van der Waals surface area contributed by atoms with Crippen LogP contribution in [0, 0.1) is 0 Å². The van der Waals surface area contributed by atoms with Gasteiger partial charge < -0.3 is 9.64 Å². The molecular weight excluding hydrogens is 294 g/mol. The van der Waals surface area contributed by atoms with Gasteiger partial charge in [-0.05, 0) is 17.7 Å². The molecule has 0 aliphatic carbocycles. The zero-order valence-electron chi connectivity index (χ0n) is 12.0. The van der Waals surface area contributed by atoms with Crippen LogP contribution in [0.2, 0.25) is 0 Å². The number of aryl methyl sites for hydroxylation is 1. The number of nitrogens with zero attached hydrogens (tertiary/aromatic N) is 4. The normalized spacial score (nSPS) is 10.7. The van der Waals surface area contributed by atoms with Gasteiger partial charge in [0.1, 0.15) is 18.4 Å². The first-order valence-electron chi connectivity index (χ1n) is 6.64. The Morgan fingerprint density at radius 2 is 2.09 bits per heavy atom. The lowest BCUT2D eigenvalue weighted by Gasteiger charge is -2.17. The number of benzene rings is 1. The monoisotopic (exact) mass is 310 g/mol. The van der Waals surface area contributed by atoms with E-state index in [1.807, 2.05) is 0 Å². The molecule has 1 heterocycles. The van der Waals surface area contributed by atoms with Gasteiger partial charge in [0.25, 0.3) is 0 Å². The molecule has 0 atom stereocenters. The lowest BCUT2D eigenvalue weighted by atomic mass is 10.2. The van der Waals surface area contributed by atoms with E-state index >= 15 is 0 Å². The predicted octanol–water partition coefficient (Wildman–Crippen LogP) is 1.93. The Bertz CT molecular complexity index is 587. The maximum Gasteiger partial charge on any atom is 0.387 e. The van der Waals surface area contributed by atoms with E-state index in [1.54, 1.807) is 35.1 Å². The molecule has 2 rings (SSSR count). The van der Waals surface area contributed by atoms with Crippen LogP contribution in [0.4, 0.5) is 8.78 Å². The first-order valence-corrected chi connectivity index (χ1v) is 6.64. The van der Waals surface area contributed by atoms with E-state index in [2.05, 4.69) is 14.8 Å². The number of halogens is 2. The van der Waals surface area contributed by atoms with Crippen molar-refractivity contribution in [3.05, 3.63) is 42.5 Å². The van der Waals surface area contributed by atoms with Crippen LogP contribution in [0.5, 0.6) is 5.75 Å². The molecule has 0 radical (unpaired) electrons. The standard InChI is InChI=1S/C14H16F2N4O2/c1-19(13(21)6-7-20-10-17-9-18-20)8-11-2-4-12(5-3-11)22-14(15)16/h2-5,9-10,14H,6-8H2,1H3. The summed E-state index contributed by atoms with van der Waals surface area (Å²) in [5.41, 5.74) is 0.832. The first-order chi connectivity index (χ1) is 10.5. The maximum absolute atomic E-state index is 12.1. The lowest BCUT2D eigenvalue weighted by Crippen LogP contribution is -2.27. The molecule has 1 aromatic carbocycles. The van der Waals surface area contributed by atoms with Gasteiger partial charge in [-0.1, -0.05) is 12.1 Å². The number of rotatable bonds is 7. The molecule has 0 spiro atoms. The summed E-state index contributed by atoms with van der Waals surface area (Å²) in [6.07, 6.45) is 3.28. The van der Waals surface area contributed by atoms with Crippen LogP contribution >= 0.6 is 0 Å². The van der Waals surface area contributed by atoms with Crippen molar-refractivity contribution in [2.75, 3.05) is 7.05 Å². The fraction of sp³-hybridized carbons (Fsp3) is 0.357. The highest BCUT2D eigenvalue weighted by atomic mass is 19.3. The Hall–Kier alpha value is -2.51. The summed E-state index contributed by atoms with van der Waals surface area (Å²) in [7, 11) is 1.69. The Morgan fingerprint density at radius 3 is 2.68 bits per heavy atom. The topological polar surface area (TPSA) is 60.2 Å². The number of hydrogen-bond acceptors (Lipinski definition) is 4. The largest absolute Gasteiger partial charge is 0.435 e. The van der Waals surface area contributed by atoms with Crippen molar-refractivity contribution in [1.82, 2.24) is 19.7 Å². The van der Waals surface area contributed by atoms with Crippen molar-refractivity contribution >= 4 is 5.91 Å². The fourth-order valence-electron chi connectivity index (χ4n) is 1.89. The molecule has 118 valence electrons. The zero-order valence-corrected chi connectivity index (χ0v) is 12.0. The van der Waals surface area contributed by atoms with E-state index in [0.717, 1.165) is 5.56 Å². The van der Waals surface area contributed by atoms with E-state index in [9.17, 15) is 13.6 Å². The molecule has 0 unspecified atom stereocenters.